The second-order valence-electron chi connectivity index (χ2n) is 8.92. The van der Waals surface area contributed by atoms with E-state index in [0.717, 1.165) is 51.1 Å². The molecule has 0 heterocycles. The van der Waals surface area contributed by atoms with Crippen molar-refractivity contribution in [2.45, 2.75) is 83.2 Å². The fourth-order valence-corrected chi connectivity index (χ4v) is 5.47. The van der Waals surface area contributed by atoms with Crippen LogP contribution in [0.2, 0.25) is 0 Å². The first kappa shape index (κ1) is 20.4. The Morgan fingerprint density at radius 3 is 2.15 bits per heavy atom. The molecule has 1 amide bonds. The normalized spacial score (nSPS) is 28.8. The number of hydrogen-bond donors (Lipinski definition) is 0. The predicted octanol–water partition coefficient (Wildman–Crippen LogP) is 5.21. The van der Waals surface area contributed by atoms with Gasteiger partial charge in [-0.1, -0.05) is 50.6 Å². The molecule has 3 nitrogen and oxygen atoms in total. The third-order valence-electron chi connectivity index (χ3n) is 7.80. The van der Waals surface area contributed by atoms with Crippen LogP contribution in [0.25, 0.3) is 0 Å². The first-order valence-electron chi connectivity index (χ1n) is 11.0. The molecule has 0 unspecified atom stereocenters. The number of hydrogen-bond acceptors (Lipinski definition) is 2. The Kier molecular flexibility index (Phi) is 6.30. The summed E-state index contributed by atoms with van der Waals surface area (Å²) in [5, 5.41) is 0. The Balaban J connectivity index is 1.85. The maximum atomic E-state index is 12.6. The van der Waals surface area contributed by atoms with Crippen molar-refractivity contribution < 1.29 is 4.79 Å². The third-order valence-corrected chi connectivity index (χ3v) is 7.80. The van der Waals surface area contributed by atoms with E-state index in [1.165, 1.54) is 24.8 Å². The molecule has 0 aromatic heterocycles. The van der Waals surface area contributed by atoms with E-state index < -0.39 is 0 Å². The Hall–Kier alpha value is -1.35. The summed E-state index contributed by atoms with van der Waals surface area (Å²) in [4.78, 5) is 17.4. The van der Waals surface area contributed by atoms with Crippen LogP contribution in [-0.2, 0) is 10.3 Å². The second-order valence-corrected chi connectivity index (χ2v) is 8.92. The van der Waals surface area contributed by atoms with Crippen LogP contribution in [0, 0.1) is 5.92 Å². The molecule has 0 N–H and O–H groups in total. The van der Waals surface area contributed by atoms with Crippen molar-refractivity contribution >= 4 is 5.91 Å². The quantitative estimate of drug-likeness (QED) is 0.658. The Morgan fingerprint density at radius 1 is 1.07 bits per heavy atom. The molecule has 2 aliphatic rings. The van der Waals surface area contributed by atoms with E-state index in [9.17, 15) is 4.79 Å². The highest BCUT2D eigenvalue weighted by Crippen LogP contribution is 2.48. The standard InChI is InChI=1S/C24H38N2O/c1-5-23(26(20(3)27)19-21-11-10-12-21)15-17-24(18-16-23,25(4)6-2)22-13-8-7-9-14-22/h7-9,13-14,21H,5-6,10-12,15-19H2,1-4H3. The number of benzene rings is 1. The topological polar surface area (TPSA) is 23.6 Å². The van der Waals surface area contributed by atoms with Gasteiger partial charge in [0.1, 0.15) is 0 Å². The van der Waals surface area contributed by atoms with Gasteiger partial charge >= 0.3 is 0 Å². The average molecular weight is 371 g/mol. The maximum absolute atomic E-state index is 12.6. The molecule has 2 fully saturated rings. The van der Waals surface area contributed by atoms with E-state index in [-0.39, 0.29) is 17.0 Å². The van der Waals surface area contributed by atoms with Gasteiger partial charge in [-0.3, -0.25) is 9.69 Å². The van der Waals surface area contributed by atoms with Crippen LogP contribution in [0.15, 0.2) is 30.3 Å². The SMILES string of the molecule is CCN(C)C1(c2ccccc2)CCC(CC)(N(CC2CCC2)C(C)=O)CC1. The van der Waals surface area contributed by atoms with Gasteiger partial charge in [0, 0.05) is 24.5 Å². The van der Waals surface area contributed by atoms with Crippen LogP contribution >= 0.6 is 0 Å². The van der Waals surface area contributed by atoms with Crippen LogP contribution in [0.3, 0.4) is 0 Å². The van der Waals surface area contributed by atoms with Crippen molar-refractivity contribution in [3.8, 4) is 0 Å². The number of rotatable bonds is 7. The minimum atomic E-state index is 0.0499. The first-order chi connectivity index (χ1) is 13.0. The summed E-state index contributed by atoms with van der Waals surface area (Å²) in [5.41, 5.74) is 1.59. The summed E-state index contributed by atoms with van der Waals surface area (Å²) in [6.07, 6.45) is 9.48. The number of amides is 1. The highest BCUT2D eigenvalue weighted by Gasteiger charge is 2.48. The van der Waals surface area contributed by atoms with E-state index in [2.05, 4.69) is 61.0 Å². The predicted molar refractivity (Wildman–Crippen MR) is 113 cm³/mol. The lowest BCUT2D eigenvalue weighted by Gasteiger charge is -2.55. The van der Waals surface area contributed by atoms with Gasteiger partial charge in [0.25, 0.3) is 0 Å². The van der Waals surface area contributed by atoms with Gasteiger partial charge in [0.05, 0.1) is 0 Å². The fourth-order valence-electron chi connectivity index (χ4n) is 5.47. The van der Waals surface area contributed by atoms with Crippen LogP contribution in [-0.4, -0.2) is 41.4 Å². The third kappa shape index (κ3) is 3.81. The lowest BCUT2D eigenvalue weighted by atomic mass is 9.66. The molecule has 0 atom stereocenters. The zero-order chi connectivity index (χ0) is 19.5. The van der Waals surface area contributed by atoms with Gasteiger partial charge in [-0.25, -0.2) is 0 Å². The van der Waals surface area contributed by atoms with Crippen molar-refractivity contribution in [2.24, 2.45) is 5.92 Å². The summed E-state index contributed by atoms with van der Waals surface area (Å²) in [5.74, 6) is 1.01. The highest BCUT2D eigenvalue weighted by molar-refractivity contribution is 5.74. The summed E-state index contributed by atoms with van der Waals surface area (Å²) >= 11 is 0. The van der Waals surface area contributed by atoms with Gasteiger partial charge in [-0.2, -0.15) is 0 Å². The minimum Gasteiger partial charge on any atom is -0.337 e. The van der Waals surface area contributed by atoms with Crippen LogP contribution in [0.1, 0.15) is 77.7 Å². The molecule has 2 aliphatic carbocycles. The summed E-state index contributed by atoms with van der Waals surface area (Å²) in [6, 6.07) is 11.0. The Labute approximate surface area is 166 Å². The van der Waals surface area contributed by atoms with Crippen molar-refractivity contribution in [1.29, 1.82) is 0 Å². The molecule has 150 valence electrons. The molecule has 0 spiro atoms. The molecule has 0 saturated heterocycles. The Bertz CT molecular complexity index is 615. The summed E-state index contributed by atoms with van der Waals surface area (Å²) in [7, 11) is 2.27. The number of carbonyl (C=O) groups is 1. The van der Waals surface area contributed by atoms with Gasteiger partial charge in [0.15, 0.2) is 0 Å². The van der Waals surface area contributed by atoms with Crippen molar-refractivity contribution in [1.82, 2.24) is 9.80 Å². The molecule has 1 aromatic carbocycles. The summed E-state index contributed by atoms with van der Waals surface area (Å²) in [6.45, 7) is 8.35. The fraction of sp³-hybridized carbons (Fsp3) is 0.708. The number of nitrogens with zero attached hydrogens (tertiary/aromatic N) is 2. The largest absolute Gasteiger partial charge is 0.337 e. The molecule has 0 bridgehead atoms. The molecule has 1 aromatic rings. The van der Waals surface area contributed by atoms with Crippen LogP contribution in [0.5, 0.6) is 0 Å². The zero-order valence-corrected chi connectivity index (χ0v) is 17.8. The first-order valence-corrected chi connectivity index (χ1v) is 11.0. The zero-order valence-electron chi connectivity index (χ0n) is 17.8. The molecular formula is C24H38N2O. The van der Waals surface area contributed by atoms with Crippen molar-refractivity contribution in [2.75, 3.05) is 20.1 Å². The second kappa shape index (κ2) is 8.34. The van der Waals surface area contributed by atoms with Crippen molar-refractivity contribution in [3.05, 3.63) is 35.9 Å². The van der Waals surface area contributed by atoms with Gasteiger partial charge in [0.2, 0.25) is 5.91 Å². The average Bonchev–Trinajstić information content (AvgIpc) is 2.67. The van der Waals surface area contributed by atoms with Crippen LogP contribution < -0.4 is 0 Å². The number of carbonyl (C=O) groups excluding carboxylic acids is 1. The lowest BCUT2D eigenvalue weighted by molar-refractivity contribution is -0.141. The van der Waals surface area contributed by atoms with E-state index in [1.807, 2.05) is 0 Å². The molecule has 27 heavy (non-hydrogen) atoms. The van der Waals surface area contributed by atoms with E-state index >= 15 is 0 Å². The molecule has 2 saturated carbocycles. The highest BCUT2D eigenvalue weighted by atomic mass is 16.2. The Morgan fingerprint density at radius 2 is 1.70 bits per heavy atom. The molecule has 3 rings (SSSR count). The lowest BCUT2D eigenvalue weighted by Crippen LogP contribution is -2.58. The molecular weight excluding hydrogens is 332 g/mol. The smallest absolute Gasteiger partial charge is 0.219 e. The van der Waals surface area contributed by atoms with Gasteiger partial charge in [-0.05, 0) is 70.0 Å². The minimum absolute atomic E-state index is 0.0499. The maximum Gasteiger partial charge on any atom is 0.219 e. The van der Waals surface area contributed by atoms with E-state index in [0.29, 0.717) is 0 Å². The van der Waals surface area contributed by atoms with E-state index in [4.69, 9.17) is 0 Å². The van der Waals surface area contributed by atoms with Crippen molar-refractivity contribution in [3.63, 3.8) is 0 Å². The molecule has 3 heteroatoms. The summed E-state index contributed by atoms with van der Waals surface area (Å²) < 4.78 is 0. The molecule has 0 radical (unpaired) electrons. The van der Waals surface area contributed by atoms with Gasteiger partial charge in [-0.15, -0.1) is 0 Å². The van der Waals surface area contributed by atoms with Crippen LogP contribution in [0.4, 0.5) is 0 Å². The van der Waals surface area contributed by atoms with Gasteiger partial charge < -0.3 is 4.90 Å². The van der Waals surface area contributed by atoms with E-state index in [1.54, 1.807) is 6.92 Å². The monoisotopic (exact) mass is 370 g/mol. The molecule has 0 aliphatic heterocycles.